The summed E-state index contributed by atoms with van der Waals surface area (Å²) in [4.78, 5) is 6.42. The number of rotatable bonds is 6. The van der Waals surface area contributed by atoms with E-state index in [0.29, 0.717) is 12.6 Å². The van der Waals surface area contributed by atoms with Crippen LogP contribution in [-0.2, 0) is 0 Å². The molecular weight excluding hydrogens is 186 g/mol. The summed E-state index contributed by atoms with van der Waals surface area (Å²) in [5, 5.41) is 0. The van der Waals surface area contributed by atoms with Gasteiger partial charge in [0, 0.05) is 37.2 Å². The van der Waals surface area contributed by atoms with Gasteiger partial charge in [0.15, 0.2) is 0 Å². The Morgan fingerprint density at radius 1 is 1.27 bits per heavy atom. The number of pyridine rings is 1. The van der Waals surface area contributed by atoms with Gasteiger partial charge in [-0.05, 0) is 25.0 Å². The van der Waals surface area contributed by atoms with E-state index in [1.807, 2.05) is 24.5 Å². The molecule has 1 aromatic rings. The zero-order chi connectivity index (χ0) is 11.1. The molecule has 2 N–H and O–H groups in total. The van der Waals surface area contributed by atoms with Crippen LogP contribution in [0.25, 0.3) is 0 Å². The lowest BCUT2D eigenvalue weighted by Gasteiger charge is -2.32. The first-order valence-corrected chi connectivity index (χ1v) is 5.70. The maximum Gasteiger partial charge on any atom is 0.0400 e. The lowest BCUT2D eigenvalue weighted by atomic mass is 10.1. The second kappa shape index (κ2) is 6.40. The highest BCUT2D eigenvalue weighted by Crippen LogP contribution is 2.18. The summed E-state index contributed by atoms with van der Waals surface area (Å²) in [6, 6.07) is 4.68. The predicted octanol–water partition coefficient (Wildman–Crippen LogP) is 2.04. The van der Waals surface area contributed by atoms with Gasteiger partial charge in [0.1, 0.15) is 0 Å². The van der Waals surface area contributed by atoms with Gasteiger partial charge >= 0.3 is 0 Å². The van der Waals surface area contributed by atoms with Crippen molar-refractivity contribution in [1.82, 2.24) is 4.98 Å². The summed E-state index contributed by atoms with van der Waals surface area (Å²) in [5.41, 5.74) is 6.88. The van der Waals surface area contributed by atoms with E-state index in [2.05, 4.69) is 23.7 Å². The Hall–Kier alpha value is -1.09. The fourth-order valence-electron chi connectivity index (χ4n) is 1.93. The number of hydrogen-bond donors (Lipinski definition) is 1. The predicted molar refractivity (Wildman–Crippen MR) is 65.0 cm³/mol. The van der Waals surface area contributed by atoms with Crippen molar-refractivity contribution < 1.29 is 0 Å². The van der Waals surface area contributed by atoms with Crippen LogP contribution in [0.4, 0.5) is 5.69 Å². The molecule has 1 rings (SSSR count). The van der Waals surface area contributed by atoms with Crippen molar-refractivity contribution in [3.63, 3.8) is 0 Å². The van der Waals surface area contributed by atoms with E-state index in [1.165, 1.54) is 5.69 Å². The van der Waals surface area contributed by atoms with Gasteiger partial charge in [0.25, 0.3) is 0 Å². The fourth-order valence-corrected chi connectivity index (χ4v) is 1.93. The normalized spacial score (nSPS) is 10.7. The summed E-state index contributed by atoms with van der Waals surface area (Å²) in [7, 11) is 0. The van der Waals surface area contributed by atoms with E-state index < -0.39 is 0 Å². The lowest BCUT2D eigenvalue weighted by molar-refractivity contribution is 0.559. The molecule has 0 aliphatic heterocycles. The zero-order valence-corrected chi connectivity index (χ0v) is 9.69. The first kappa shape index (κ1) is 12.0. The van der Waals surface area contributed by atoms with Gasteiger partial charge in [-0.25, -0.2) is 0 Å². The number of anilines is 1. The highest BCUT2D eigenvalue weighted by molar-refractivity contribution is 5.45. The Morgan fingerprint density at radius 3 is 2.33 bits per heavy atom. The number of hydrogen-bond acceptors (Lipinski definition) is 3. The monoisotopic (exact) mass is 207 g/mol. The number of nitrogens with zero attached hydrogens (tertiary/aromatic N) is 2. The molecular formula is C12H21N3. The van der Waals surface area contributed by atoms with E-state index in [0.717, 1.165) is 19.4 Å². The minimum absolute atomic E-state index is 0.580. The summed E-state index contributed by atoms with van der Waals surface area (Å²) >= 11 is 0. The number of nitrogens with two attached hydrogens (primary N) is 1. The van der Waals surface area contributed by atoms with Crippen LogP contribution in [-0.4, -0.2) is 24.1 Å². The van der Waals surface area contributed by atoms with Crippen molar-refractivity contribution in [1.29, 1.82) is 0 Å². The highest BCUT2D eigenvalue weighted by atomic mass is 15.2. The Kier molecular flexibility index (Phi) is 5.12. The first-order valence-electron chi connectivity index (χ1n) is 5.70. The summed E-state index contributed by atoms with van der Waals surface area (Å²) in [6.45, 7) is 6.05. The average molecular weight is 207 g/mol. The summed E-state index contributed by atoms with van der Waals surface area (Å²) in [6.07, 6.45) is 5.97. The molecule has 0 amide bonds. The van der Waals surface area contributed by atoms with Crippen molar-refractivity contribution in [3.8, 4) is 0 Å². The maximum absolute atomic E-state index is 5.66. The molecule has 15 heavy (non-hydrogen) atoms. The molecule has 0 saturated carbocycles. The standard InChI is InChI=1S/C12H21N3/c1-3-11(4-2)15(10-7-13)12-5-8-14-9-6-12/h5-6,8-9,11H,3-4,7,10,13H2,1-2H3. The topological polar surface area (TPSA) is 42.1 Å². The smallest absolute Gasteiger partial charge is 0.0400 e. The Labute approximate surface area is 92.3 Å². The molecule has 0 radical (unpaired) electrons. The third-order valence-corrected chi connectivity index (χ3v) is 2.75. The van der Waals surface area contributed by atoms with Gasteiger partial charge in [-0.3, -0.25) is 4.98 Å². The molecule has 0 aliphatic carbocycles. The second-order valence-electron chi connectivity index (χ2n) is 3.66. The van der Waals surface area contributed by atoms with E-state index in [-0.39, 0.29) is 0 Å². The Morgan fingerprint density at radius 2 is 1.87 bits per heavy atom. The molecule has 84 valence electrons. The third kappa shape index (κ3) is 3.20. The first-order chi connectivity index (χ1) is 7.33. The van der Waals surface area contributed by atoms with Crippen LogP contribution in [0.2, 0.25) is 0 Å². The van der Waals surface area contributed by atoms with Gasteiger partial charge in [-0.2, -0.15) is 0 Å². The molecule has 0 bridgehead atoms. The zero-order valence-electron chi connectivity index (χ0n) is 9.69. The van der Waals surface area contributed by atoms with Crippen LogP contribution in [0.3, 0.4) is 0 Å². The number of aromatic nitrogens is 1. The van der Waals surface area contributed by atoms with E-state index in [1.54, 1.807) is 0 Å². The van der Waals surface area contributed by atoms with Crippen LogP contribution in [0.5, 0.6) is 0 Å². The minimum Gasteiger partial charge on any atom is -0.367 e. The molecule has 1 heterocycles. The van der Waals surface area contributed by atoms with Crippen LogP contribution in [0.15, 0.2) is 24.5 Å². The van der Waals surface area contributed by atoms with Crippen molar-refractivity contribution in [2.75, 3.05) is 18.0 Å². The summed E-state index contributed by atoms with van der Waals surface area (Å²) in [5.74, 6) is 0. The molecule has 0 fully saturated rings. The molecule has 0 atom stereocenters. The van der Waals surface area contributed by atoms with Gasteiger partial charge in [0.05, 0.1) is 0 Å². The molecule has 0 aromatic carbocycles. The Balaban J connectivity index is 2.81. The second-order valence-corrected chi connectivity index (χ2v) is 3.66. The van der Waals surface area contributed by atoms with Crippen LogP contribution in [0.1, 0.15) is 26.7 Å². The summed E-state index contributed by atoms with van der Waals surface area (Å²) < 4.78 is 0. The highest BCUT2D eigenvalue weighted by Gasteiger charge is 2.14. The molecule has 0 spiro atoms. The van der Waals surface area contributed by atoms with Crippen molar-refractivity contribution in [2.24, 2.45) is 5.73 Å². The fraction of sp³-hybridized carbons (Fsp3) is 0.583. The van der Waals surface area contributed by atoms with Crippen LogP contribution >= 0.6 is 0 Å². The van der Waals surface area contributed by atoms with E-state index in [9.17, 15) is 0 Å². The molecule has 0 unspecified atom stereocenters. The van der Waals surface area contributed by atoms with Crippen LogP contribution in [0, 0.1) is 0 Å². The molecule has 3 heteroatoms. The lowest BCUT2D eigenvalue weighted by Crippen LogP contribution is -2.38. The third-order valence-electron chi connectivity index (χ3n) is 2.75. The quantitative estimate of drug-likeness (QED) is 0.776. The molecule has 0 saturated heterocycles. The van der Waals surface area contributed by atoms with Gasteiger partial charge in [-0.15, -0.1) is 0 Å². The van der Waals surface area contributed by atoms with Crippen LogP contribution < -0.4 is 10.6 Å². The van der Waals surface area contributed by atoms with E-state index >= 15 is 0 Å². The largest absolute Gasteiger partial charge is 0.367 e. The molecule has 1 aromatic heterocycles. The maximum atomic E-state index is 5.66. The van der Waals surface area contributed by atoms with Crippen molar-refractivity contribution in [2.45, 2.75) is 32.7 Å². The van der Waals surface area contributed by atoms with Gasteiger partial charge in [0.2, 0.25) is 0 Å². The van der Waals surface area contributed by atoms with Crippen molar-refractivity contribution in [3.05, 3.63) is 24.5 Å². The van der Waals surface area contributed by atoms with E-state index in [4.69, 9.17) is 5.73 Å². The van der Waals surface area contributed by atoms with Gasteiger partial charge in [-0.1, -0.05) is 13.8 Å². The average Bonchev–Trinajstić information content (AvgIpc) is 2.30. The molecule has 0 aliphatic rings. The molecule has 3 nitrogen and oxygen atoms in total. The van der Waals surface area contributed by atoms with Crippen molar-refractivity contribution >= 4 is 5.69 Å². The Bertz CT molecular complexity index is 257. The van der Waals surface area contributed by atoms with Gasteiger partial charge < -0.3 is 10.6 Å². The minimum atomic E-state index is 0.580. The SMILES string of the molecule is CCC(CC)N(CCN)c1ccncc1.